The number of urea groups is 1. The Kier molecular flexibility index (Phi) is 4.38. The molecule has 0 spiro atoms. The third-order valence-corrected chi connectivity index (χ3v) is 4.89. The van der Waals surface area contributed by atoms with Gasteiger partial charge in [-0.1, -0.05) is 0 Å². The average molecular weight is 305 g/mol. The second kappa shape index (κ2) is 6.28. The first kappa shape index (κ1) is 15.3. The maximum absolute atomic E-state index is 12.5. The Labute approximate surface area is 132 Å². The molecule has 0 saturated carbocycles. The topological polar surface area (TPSA) is 44.6 Å². The van der Waals surface area contributed by atoms with E-state index in [1.165, 1.54) is 5.69 Å². The summed E-state index contributed by atoms with van der Waals surface area (Å²) in [6, 6.07) is 0.704. The van der Waals surface area contributed by atoms with Crippen LogP contribution >= 0.6 is 0 Å². The van der Waals surface area contributed by atoms with Crippen LogP contribution in [0.25, 0.3) is 0 Å². The molecular weight excluding hydrogens is 278 g/mol. The molecule has 3 rings (SSSR count). The van der Waals surface area contributed by atoms with Crippen molar-refractivity contribution in [2.24, 2.45) is 0 Å². The van der Waals surface area contributed by atoms with Crippen molar-refractivity contribution in [3.8, 4) is 0 Å². The molecule has 0 bridgehead atoms. The number of carbonyl (C=O) groups is 1. The molecule has 0 atom stereocenters. The molecule has 1 fully saturated rings. The predicted molar refractivity (Wildman–Crippen MR) is 85.4 cm³/mol. The SMILES string of the molecule is CC(C)N(C)Cc1cnc2n1CCN(C(=O)N1CCCC1)C2. The van der Waals surface area contributed by atoms with Crippen LogP contribution in [-0.2, 0) is 19.6 Å². The van der Waals surface area contributed by atoms with Crippen LogP contribution in [0.3, 0.4) is 0 Å². The van der Waals surface area contributed by atoms with Gasteiger partial charge in [-0.3, -0.25) is 4.90 Å². The maximum Gasteiger partial charge on any atom is 0.320 e. The fourth-order valence-electron chi connectivity index (χ4n) is 3.16. The molecule has 6 heteroatoms. The molecular formula is C16H27N5O. The fourth-order valence-corrected chi connectivity index (χ4v) is 3.16. The first-order valence-electron chi connectivity index (χ1n) is 8.33. The van der Waals surface area contributed by atoms with E-state index in [4.69, 9.17) is 0 Å². The lowest BCUT2D eigenvalue weighted by Gasteiger charge is -2.32. The van der Waals surface area contributed by atoms with Gasteiger partial charge in [0, 0.05) is 45.0 Å². The van der Waals surface area contributed by atoms with Crippen molar-refractivity contribution in [1.82, 2.24) is 24.3 Å². The molecule has 3 heterocycles. The van der Waals surface area contributed by atoms with Gasteiger partial charge in [0.25, 0.3) is 0 Å². The van der Waals surface area contributed by atoms with Crippen LogP contribution in [0.5, 0.6) is 0 Å². The average Bonchev–Trinajstić information content (AvgIpc) is 3.16. The lowest BCUT2D eigenvalue weighted by atomic mass is 10.3. The third-order valence-electron chi connectivity index (χ3n) is 4.89. The quantitative estimate of drug-likeness (QED) is 0.855. The van der Waals surface area contributed by atoms with Gasteiger partial charge in [0.1, 0.15) is 5.82 Å². The van der Waals surface area contributed by atoms with Crippen LogP contribution in [0.2, 0.25) is 0 Å². The van der Waals surface area contributed by atoms with Crippen molar-refractivity contribution in [3.05, 3.63) is 17.7 Å². The van der Waals surface area contributed by atoms with Crippen molar-refractivity contribution in [2.45, 2.75) is 52.4 Å². The molecule has 122 valence electrons. The summed E-state index contributed by atoms with van der Waals surface area (Å²) in [5.74, 6) is 1.02. The van der Waals surface area contributed by atoms with Gasteiger partial charge in [0.2, 0.25) is 0 Å². The summed E-state index contributed by atoms with van der Waals surface area (Å²) in [4.78, 5) is 23.3. The number of hydrogen-bond acceptors (Lipinski definition) is 3. The van der Waals surface area contributed by atoms with Crippen LogP contribution in [0.4, 0.5) is 4.79 Å². The standard InChI is InChI=1S/C16H27N5O/c1-13(2)18(3)11-14-10-17-15-12-20(8-9-21(14)15)16(22)19-6-4-5-7-19/h10,13H,4-9,11-12H2,1-3H3. The number of hydrogen-bond donors (Lipinski definition) is 0. The summed E-state index contributed by atoms with van der Waals surface area (Å²) in [6.45, 7) is 9.41. The summed E-state index contributed by atoms with van der Waals surface area (Å²) >= 11 is 0. The first-order valence-corrected chi connectivity index (χ1v) is 8.33. The molecule has 1 aromatic rings. The highest BCUT2D eigenvalue weighted by atomic mass is 16.2. The number of amides is 2. The van der Waals surface area contributed by atoms with E-state index in [1.54, 1.807) is 0 Å². The van der Waals surface area contributed by atoms with E-state index < -0.39 is 0 Å². The Bertz CT molecular complexity index is 533. The monoisotopic (exact) mass is 305 g/mol. The number of aromatic nitrogens is 2. The van der Waals surface area contributed by atoms with Gasteiger partial charge in [-0.2, -0.15) is 0 Å². The number of nitrogens with zero attached hydrogens (tertiary/aromatic N) is 5. The van der Waals surface area contributed by atoms with Crippen LogP contribution in [0.15, 0.2) is 6.20 Å². The Morgan fingerprint density at radius 2 is 1.95 bits per heavy atom. The van der Waals surface area contributed by atoms with Gasteiger partial charge < -0.3 is 14.4 Å². The van der Waals surface area contributed by atoms with Crippen LogP contribution in [0.1, 0.15) is 38.2 Å². The molecule has 22 heavy (non-hydrogen) atoms. The minimum Gasteiger partial charge on any atom is -0.328 e. The highest BCUT2D eigenvalue weighted by molar-refractivity contribution is 5.74. The highest BCUT2D eigenvalue weighted by Gasteiger charge is 2.28. The van der Waals surface area contributed by atoms with Crippen molar-refractivity contribution in [1.29, 1.82) is 0 Å². The smallest absolute Gasteiger partial charge is 0.320 e. The minimum atomic E-state index is 0.188. The lowest BCUT2D eigenvalue weighted by Crippen LogP contribution is -2.45. The molecule has 0 radical (unpaired) electrons. The summed E-state index contributed by atoms with van der Waals surface area (Å²) in [5, 5.41) is 0. The zero-order valence-corrected chi connectivity index (χ0v) is 14.0. The van der Waals surface area contributed by atoms with Crippen LogP contribution < -0.4 is 0 Å². The summed E-state index contributed by atoms with van der Waals surface area (Å²) in [5.41, 5.74) is 1.25. The van der Waals surface area contributed by atoms with E-state index in [0.717, 1.165) is 51.4 Å². The largest absolute Gasteiger partial charge is 0.328 e. The second-order valence-electron chi connectivity index (χ2n) is 6.72. The number of likely N-dealkylation sites (tertiary alicyclic amines) is 1. The summed E-state index contributed by atoms with van der Waals surface area (Å²) < 4.78 is 2.28. The predicted octanol–water partition coefficient (Wildman–Crippen LogP) is 1.75. The van der Waals surface area contributed by atoms with Crippen LogP contribution in [0, 0.1) is 0 Å². The zero-order chi connectivity index (χ0) is 15.7. The van der Waals surface area contributed by atoms with E-state index in [1.807, 2.05) is 16.0 Å². The van der Waals surface area contributed by atoms with E-state index in [0.29, 0.717) is 12.6 Å². The lowest BCUT2D eigenvalue weighted by molar-refractivity contribution is 0.147. The molecule has 0 aromatic carbocycles. The number of fused-ring (bicyclic) bond motifs is 1. The number of imidazole rings is 1. The zero-order valence-electron chi connectivity index (χ0n) is 14.0. The first-order chi connectivity index (χ1) is 10.6. The summed E-state index contributed by atoms with van der Waals surface area (Å²) in [7, 11) is 2.14. The van der Waals surface area contributed by atoms with Gasteiger partial charge in [0.05, 0.1) is 12.2 Å². The van der Waals surface area contributed by atoms with Crippen molar-refractivity contribution in [3.63, 3.8) is 0 Å². The van der Waals surface area contributed by atoms with Gasteiger partial charge in [-0.15, -0.1) is 0 Å². The van der Waals surface area contributed by atoms with E-state index in [-0.39, 0.29) is 6.03 Å². The number of rotatable bonds is 3. The molecule has 2 aliphatic rings. The molecule has 6 nitrogen and oxygen atoms in total. The Balaban J connectivity index is 1.67. The Morgan fingerprint density at radius 1 is 1.23 bits per heavy atom. The molecule has 2 amide bonds. The van der Waals surface area contributed by atoms with E-state index in [2.05, 4.69) is 35.3 Å². The number of carbonyl (C=O) groups excluding carboxylic acids is 1. The van der Waals surface area contributed by atoms with Crippen molar-refractivity contribution >= 4 is 6.03 Å². The summed E-state index contributed by atoms with van der Waals surface area (Å²) in [6.07, 6.45) is 4.25. The molecule has 0 aliphatic carbocycles. The van der Waals surface area contributed by atoms with Crippen molar-refractivity contribution in [2.75, 3.05) is 26.7 Å². The van der Waals surface area contributed by atoms with Crippen molar-refractivity contribution < 1.29 is 4.79 Å². The molecule has 2 aliphatic heterocycles. The third kappa shape index (κ3) is 2.97. The minimum absolute atomic E-state index is 0.188. The van der Waals surface area contributed by atoms with Gasteiger partial charge >= 0.3 is 6.03 Å². The molecule has 1 saturated heterocycles. The van der Waals surface area contributed by atoms with E-state index in [9.17, 15) is 4.79 Å². The van der Waals surface area contributed by atoms with Gasteiger partial charge in [-0.05, 0) is 33.7 Å². The molecule has 0 unspecified atom stereocenters. The maximum atomic E-state index is 12.5. The van der Waals surface area contributed by atoms with E-state index >= 15 is 0 Å². The normalized spacial score (nSPS) is 18.4. The molecule has 1 aromatic heterocycles. The molecule has 0 N–H and O–H groups in total. The highest BCUT2D eigenvalue weighted by Crippen LogP contribution is 2.19. The van der Waals surface area contributed by atoms with Gasteiger partial charge in [-0.25, -0.2) is 9.78 Å². The van der Waals surface area contributed by atoms with Crippen LogP contribution in [-0.4, -0.2) is 63.0 Å². The Hall–Kier alpha value is -1.56. The second-order valence-corrected chi connectivity index (χ2v) is 6.72. The van der Waals surface area contributed by atoms with Gasteiger partial charge in [0.15, 0.2) is 0 Å². The fraction of sp³-hybridized carbons (Fsp3) is 0.750. The Morgan fingerprint density at radius 3 is 2.64 bits per heavy atom.